The van der Waals surface area contributed by atoms with Crippen LogP contribution < -0.4 is 0 Å². The number of fused-ring (bicyclic) bond motifs is 1. The van der Waals surface area contributed by atoms with Crippen LogP contribution in [0.2, 0.25) is 0 Å². The number of ether oxygens (including phenoxy) is 1. The fourth-order valence-electron chi connectivity index (χ4n) is 2.18. The Morgan fingerprint density at radius 2 is 2.13 bits per heavy atom. The maximum Gasteiger partial charge on any atom is 0.338 e. The van der Waals surface area contributed by atoms with Crippen LogP contribution in [-0.2, 0) is 4.74 Å². The molecule has 1 aliphatic rings. The van der Waals surface area contributed by atoms with Crippen molar-refractivity contribution < 1.29 is 9.53 Å². The van der Waals surface area contributed by atoms with Crippen LogP contribution in [0.5, 0.6) is 0 Å². The Bertz CT molecular complexity index is 396. The fraction of sp³-hybridized carbons (Fsp3) is 0.462. The first-order valence-electron chi connectivity index (χ1n) is 5.45. The lowest BCUT2D eigenvalue weighted by molar-refractivity contribution is 0.0181. The SMILES string of the molecule is CC[C@@H]1OC(=O)c2cc(C)ccc2[C@@H]1C. The first-order chi connectivity index (χ1) is 7.13. The van der Waals surface area contributed by atoms with Crippen molar-refractivity contribution in [2.24, 2.45) is 0 Å². The Kier molecular flexibility index (Phi) is 2.51. The lowest BCUT2D eigenvalue weighted by atomic mass is 9.87. The van der Waals surface area contributed by atoms with Crippen molar-refractivity contribution in [2.45, 2.75) is 39.2 Å². The van der Waals surface area contributed by atoms with Crippen molar-refractivity contribution in [3.8, 4) is 0 Å². The third kappa shape index (κ3) is 1.65. The van der Waals surface area contributed by atoms with Crippen LogP contribution in [0, 0.1) is 6.92 Å². The lowest BCUT2D eigenvalue weighted by Gasteiger charge is -2.30. The van der Waals surface area contributed by atoms with E-state index in [1.54, 1.807) is 0 Å². The van der Waals surface area contributed by atoms with Crippen molar-refractivity contribution in [3.63, 3.8) is 0 Å². The van der Waals surface area contributed by atoms with E-state index in [0.717, 1.165) is 23.1 Å². The first kappa shape index (κ1) is 10.2. The van der Waals surface area contributed by atoms with Gasteiger partial charge in [-0.25, -0.2) is 4.79 Å². The van der Waals surface area contributed by atoms with Crippen LogP contribution in [-0.4, -0.2) is 12.1 Å². The van der Waals surface area contributed by atoms with E-state index in [2.05, 4.69) is 19.1 Å². The fourth-order valence-corrected chi connectivity index (χ4v) is 2.18. The quantitative estimate of drug-likeness (QED) is 0.657. The van der Waals surface area contributed by atoms with Gasteiger partial charge in [-0.2, -0.15) is 0 Å². The smallest absolute Gasteiger partial charge is 0.338 e. The van der Waals surface area contributed by atoms with Crippen LogP contribution >= 0.6 is 0 Å². The highest BCUT2D eigenvalue weighted by molar-refractivity contribution is 5.92. The molecule has 2 atom stereocenters. The predicted octanol–water partition coefficient (Wildman–Crippen LogP) is 3.05. The second-order valence-electron chi connectivity index (χ2n) is 4.23. The summed E-state index contributed by atoms with van der Waals surface area (Å²) >= 11 is 0. The van der Waals surface area contributed by atoms with E-state index in [4.69, 9.17) is 4.74 Å². The number of carbonyl (C=O) groups excluding carboxylic acids is 1. The summed E-state index contributed by atoms with van der Waals surface area (Å²) in [5.74, 6) is 0.141. The molecule has 15 heavy (non-hydrogen) atoms. The summed E-state index contributed by atoms with van der Waals surface area (Å²) in [6.45, 7) is 6.16. The second-order valence-corrected chi connectivity index (χ2v) is 4.23. The van der Waals surface area contributed by atoms with Gasteiger partial charge in [0.05, 0.1) is 5.56 Å². The minimum atomic E-state index is -0.168. The van der Waals surface area contributed by atoms with E-state index in [9.17, 15) is 4.79 Å². The summed E-state index contributed by atoms with van der Waals surface area (Å²) < 4.78 is 5.39. The van der Waals surface area contributed by atoms with Gasteiger partial charge in [-0.3, -0.25) is 0 Å². The number of cyclic esters (lactones) is 1. The number of hydrogen-bond donors (Lipinski definition) is 0. The van der Waals surface area contributed by atoms with Gasteiger partial charge in [0.25, 0.3) is 0 Å². The molecule has 1 heterocycles. The van der Waals surface area contributed by atoms with E-state index < -0.39 is 0 Å². The lowest BCUT2D eigenvalue weighted by Crippen LogP contribution is -2.30. The molecule has 0 radical (unpaired) electrons. The largest absolute Gasteiger partial charge is 0.458 e. The molecule has 2 rings (SSSR count). The molecule has 2 heteroatoms. The summed E-state index contributed by atoms with van der Waals surface area (Å²) in [6.07, 6.45) is 0.910. The van der Waals surface area contributed by atoms with Gasteiger partial charge in [0.15, 0.2) is 0 Å². The summed E-state index contributed by atoms with van der Waals surface area (Å²) in [7, 11) is 0. The highest BCUT2D eigenvalue weighted by Gasteiger charge is 2.31. The van der Waals surface area contributed by atoms with Gasteiger partial charge < -0.3 is 4.74 Å². The topological polar surface area (TPSA) is 26.3 Å². The molecule has 1 aromatic carbocycles. The van der Waals surface area contributed by atoms with Gasteiger partial charge in [0.1, 0.15) is 6.10 Å². The summed E-state index contributed by atoms with van der Waals surface area (Å²) in [5, 5.41) is 0. The predicted molar refractivity (Wildman–Crippen MR) is 59.1 cm³/mol. The summed E-state index contributed by atoms with van der Waals surface area (Å²) in [5.41, 5.74) is 2.98. The molecule has 80 valence electrons. The Morgan fingerprint density at radius 3 is 2.80 bits per heavy atom. The maximum absolute atomic E-state index is 11.7. The minimum absolute atomic E-state index is 0.0349. The molecule has 1 aromatic rings. The molecule has 0 N–H and O–H groups in total. The second kappa shape index (κ2) is 3.69. The van der Waals surface area contributed by atoms with E-state index in [1.165, 1.54) is 0 Å². The average Bonchev–Trinajstić information content (AvgIpc) is 2.23. The van der Waals surface area contributed by atoms with Crippen molar-refractivity contribution in [1.29, 1.82) is 0 Å². The summed E-state index contributed by atoms with van der Waals surface area (Å²) in [6, 6.07) is 6.03. The molecule has 0 aromatic heterocycles. The normalized spacial score (nSPS) is 24.6. The van der Waals surface area contributed by atoms with Gasteiger partial charge in [0, 0.05) is 5.92 Å². The monoisotopic (exact) mass is 204 g/mol. The molecule has 0 unspecified atom stereocenters. The zero-order valence-electron chi connectivity index (χ0n) is 9.41. The number of rotatable bonds is 1. The third-order valence-corrected chi connectivity index (χ3v) is 3.14. The summed E-state index contributed by atoms with van der Waals surface area (Å²) in [4.78, 5) is 11.7. The number of benzene rings is 1. The van der Waals surface area contributed by atoms with Gasteiger partial charge in [0.2, 0.25) is 0 Å². The van der Waals surface area contributed by atoms with E-state index in [-0.39, 0.29) is 12.1 Å². The van der Waals surface area contributed by atoms with Crippen molar-refractivity contribution in [2.75, 3.05) is 0 Å². The maximum atomic E-state index is 11.7. The van der Waals surface area contributed by atoms with Crippen LogP contribution in [0.15, 0.2) is 18.2 Å². The number of aryl methyl sites for hydroxylation is 1. The molecular weight excluding hydrogens is 188 g/mol. The third-order valence-electron chi connectivity index (χ3n) is 3.14. The van der Waals surface area contributed by atoms with Gasteiger partial charge in [-0.05, 0) is 25.0 Å². The van der Waals surface area contributed by atoms with E-state index in [0.29, 0.717) is 5.92 Å². The Balaban J connectivity index is 2.49. The van der Waals surface area contributed by atoms with E-state index >= 15 is 0 Å². The van der Waals surface area contributed by atoms with Gasteiger partial charge in [-0.1, -0.05) is 31.5 Å². The highest BCUT2D eigenvalue weighted by Crippen LogP contribution is 2.32. The molecule has 0 bridgehead atoms. The van der Waals surface area contributed by atoms with E-state index in [1.807, 2.05) is 19.9 Å². The first-order valence-corrected chi connectivity index (χ1v) is 5.45. The molecular formula is C13H16O2. The van der Waals surface area contributed by atoms with Crippen LogP contribution in [0.3, 0.4) is 0 Å². The molecule has 0 fully saturated rings. The molecule has 0 saturated carbocycles. The minimum Gasteiger partial charge on any atom is -0.458 e. The molecule has 0 amide bonds. The molecule has 0 aliphatic carbocycles. The Hall–Kier alpha value is -1.31. The van der Waals surface area contributed by atoms with Gasteiger partial charge in [-0.15, -0.1) is 0 Å². The van der Waals surface area contributed by atoms with Crippen LogP contribution in [0.4, 0.5) is 0 Å². The molecule has 1 aliphatic heterocycles. The van der Waals surface area contributed by atoms with Gasteiger partial charge >= 0.3 is 5.97 Å². The van der Waals surface area contributed by atoms with Crippen molar-refractivity contribution in [1.82, 2.24) is 0 Å². The number of esters is 1. The van der Waals surface area contributed by atoms with Crippen LogP contribution in [0.25, 0.3) is 0 Å². The zero-order valence-corrected chi connectivity index (χ0v) is 9.41. The highest BCUT2D eigenvalue weighted by atomic mass is 16.5. The molecule has 0 saturated heterocycles. The van der Waals surface area contributed by atoms with Crippen molar-refractivity contribution >= 4 is 5.97 Å². The number of carbonyl (C=O) groups is 1. The van der Waals surface area contributed by atoms with Crippen molar-refractivity contribution in [3.05, 3.63) is 34.9 Å². The van der Waals surface area contributed by atoms with Crippen LogP contribution in [0.1, 0.15) is 47.7 Å². The number of hydrogen-bond acceptors (Lipinski definition) is 2. The Morgan fingerprint density at radius 1 is 1.40 bits per heavy atom. The zero-order chi connectivity index (χ0) is 11.0. The standard InChI is InChI=1S/C13H16O2/c1-4-12-9(3)10-6-5-8(2)7-11(10)13(14)15-12/h5-7,9,12H,4H2,1-3H3/t9-,12-/m0/s1. The Labute approximate surface area is 90.3 Å². The molecule has 2 nitrogen and oxygen atoms in total. The average molecular weight is 204 g/mol. The molecule has 0 spiro atoms.